The fraction of sp³-hybridized carbons (Fsp3) is 0.304. The highest BCUT2D eigenvalue weighted by molar-refractivity contribution is 5.72. The molecule has 1 N–H and O–H groups in total. The molecule has 8 heteroatoms. The summed E-state index contributed by atoms with van der Waals surface area (Å²) in [7, 11) is 0. The van der Waals surface area contributed by atoms with Crippen LogP contribution in [0.25, 0.3) is 16.9 Å². The van der Waals surface area contributed by atoms with E-state index in [1.165, 1.54) is 10.1 Å². The summed E-state index contributed by atoms with van der Waals surface area (Å²) in [5, 5.41) is 0. The molecule has 4 heterocycles. The van der Waals surface area contributed by atoms with Crippen LogP contribution in [0, 0.1) is 0 Å². The Hall–Kier alpha value is -3.52. The number of benzene rings is 1. The van der Waals surface area contributed by atoms with E-state index in [-0.39, 0.29) is 11.6 Å². The second kappa shape index (κ2) is 8.31. The van der Waals surface area contributed by atoms with Crippen LogP contribution in [-0.2, 0) is 6.42 Å². The van der Waals surface area contributed by atoms with Crippen LogP contribution in [0.5, 0.6) is 0 Å². The zero-order valence-corrected chi connectivity index (χ0v) is 17.1. The number of nitrogens with zero attached hydrogens (tertiary/aromatic N) is 5. The number of piperidine rings is 1. The average molecular weight is 416 g/mol. The minimum Gasteiger partial charge on any atom is -0.313 e. The molecular weight excluding hydrogens is 392 g/mol. The van der Waals surface area contributed by atoms with Crippen LogP contribution >= 0.6 is 0 Å². The summed E-state index contributed by atoms with van der Waals surface area (Å²) in [5.74, 6) is 0. The van der Waals surface area contributed by atoms with Crippen molar-refractivity contribution in [1.82, 2.24) is 29.0 Å². The van der Waals surface area contributed by atoms with Crippen molar-refractivity contribution in [2.75, 3.05) is 19.6 Å². The molecule has 0 bridgehead atoms. The number of rotatable bonds is 5. The Balaban J connectivity index is 1.40. The monoisotopic (exact) mass is 416 g/mol. The van der Waals surface area contributed by atoms with Gasteiger partial charge in [-0.05, 0) is 37.0 Å². The van der Waals surface area contributed by atoms with Crippen molar-refractivity contribution < 1.29 is 0 Å². The molecule has 0 radical (unpaired) electrons. The molecule has 0 unspecified atom stereocenters. The third kappa shape index (κ3) is 3.82. The highest BCUT2D eigenvalue weighted by Crippen LogP contribution is 2.26. The molecule has 158 valence electrons. The lowest BCUT2D eigenvalue weighted by molar-refractivity contribution is 0.190. The van der Waals surface area contributed by atoms with Crippen molar-refractivity contribution in [3.05, 3.63) is 87.6 Å². The second-order valence-electron chi connectivity index (χ2n) is 7.94. The maximum absolute atomic E-state index is 12.7. The van der Waals surface area contributed by atoms with E-state index < -0.39 is 11.2 Å². The molecule has 1 aliphatic rings. The first kappa shape index (κ1) is 19.4. The molecule has 31 heavy (non-hydrogen) atoms. The molecule has 0 amide bonds. The van der Waals surface area contributed by atoms with E-state index in [0.29, 0.717) is 11.3 Å². The van der Waals surface area contributed by atoms with Crippen LogP contribution in [0.15, 0.2) is 70.8 Å². The van der Waals surface area contributed by atoms with Gasteiger partial charge in [0.2, 0.25) is 0 Å². The minimum absolute atomic E-state index is 0.182. The fourth-order valence-electron chi connectivity index (χ4n) is 4.39. The topological polar surface area (TPSA) is 88.8 Å². The van der Waals surface area contributed by atoms with Crippen molar-refractivity contribution in [2.24, 2.45) is 0 Å². The van der Waals surface area contributed by atoms with Gasteiger partial charge in [-0.3, -0.25) is 14.8 Å². The van der Waals surface area contributed by atoms with Crippen molar-refractivity contribution in [3.63, 3.8) is 0 Å². The number of fused-ring (bicyclic) bond motifs is 1. The summed E-state index contributed by atoms with van der Waals surface area (Å²) in [6.07, 6.45) is 7.87. The molecule has 0 spiro atoms. The van der Waals surface area contributed by atoms with Crippen LogP contribution in [0.4, 0.5) is 0 Å². The molecule has 1 aromatic carbocycles. The lowest BCUT2D eigenvalue weighted by atomic mass is 10.0. The lowest BCUT2D eigenvalue weighted by Crippen LogP contribution is -2.36. The van der Waals surface area contributed by atoms with Gasteiger partial charge in [0.05, 0.1) is 18.2 Å². The smallest absolute Gasteiger partial charge is 0.313 e. The maximum atomic E-state index is 12.7. The number of hydrogen-bond donors (Lipinski definition) is 1. The van der Waals surface area contributed by atoms with Gasteiger partial charge in [-0.2, -0.15) is 0 Å². The molecular formula is C23H24N6O2. The van der Waals surface area contributed by atoms with Crippen molar-refractivity contribution >= 4 is 11.2 Å². The van der Waals surface area contributed by atoms with Gasteiger partial charge in [-0.1, -0.05) is 30.3 Å². The number of pyridine rings is 1. The summed E-state index contributed by atoms with van der Waals surface area (Å²) in [6, 6.07) is 14.3. The fourth-order valence-corrected chi connectivity index (χ4v) is 4.39. The summed E-state index contributed by atoms with van der Waals surface area (Å²) in [4.78, 5) is 38.4. The minimum atomic E-state index is -0.479. The first-order chi connectivity index (χ1) is 15.2. The average Bonchev–Trinajstić information content (AvgIpc) is 3.25. The number of H-pyrrole nitrogens is 1. The van der Waals surface area contributed by atoms with Gasteiger partial charge in [-0.15, -0.1) is 0 Å². The van der Waals surface area contributed by atoms with Crippen LogP contribution in [0.2, 0.25) is 0 Å². The summed E-state index contributed by atoms with van der Waals surface area (Å²) in [5.41, 5.74) is 1.83. The normalized spacial score (nSPS) is 15.5. The first-order valence-electron chi connectivity index (χ1n) is 10.6. The van der Waals surface area contributed by atoms with E-state index in [2.05, 4.69) is 44.1 Å². The zero-order chi connectivity index (χ0) is 21.2. The third-order valence-corrected chi connectivity index (χ3v) is 6.03. The quantitative estimate of drug-likeness (QED) is 0.539. The van der Waals surface area contributed by atoms with Crippen LogP contribution in [0.3, 0.4) is 0 Å². The van der Waals surface area contributed by atoms with E-state index in [0.717, 1.165) is 38.9 Å². The van der Waals surface area contributed by atoms with Crippen molar-refractivity contribution in [3.8, 4) is 5.69 Å². The third-order valence-electron chi connectivity index (χ3n) is 6.03. The number of aromatic amines is 1. The second-order valence-corrected chi connectivity index (χ2v) is 7.94. The predicted molar refractivity (Wildman–Crippen MR) is 119 cm³/mol. The summed E-state index contributed by atoms with van der Waals surface area (Å²) in [6.45, 7) is 2.97. The van der Waals surface area contributed by atoms with E-state index in [1.807, 2.05) is 10.6 Å². The Kier molecular flexibility index (Phi) is 5.21. The lowest BCUT2D eigenvalue weighted by Gasteiger charge is -2.33. The van der Waals surface area contributed by atoms with Gasteiger partial charge in [0.1, 0.15) is 0 Å². The van der Waals surface area contributed by atoms with E-state index in [9.17, 15) is 9.59 Å². The number of aromatic nitrogens is 5. The largest absolute Gasteiger partial charge is 0.334 e. The summed E-state index contributed by atoms with van der Waals surface area (Å²) >= 11 is 0. The van der Waals surface area contributed by atoms with Gasteiger partial charge >= 0.3 is 5.69 Å². The van der Waals surface area contributed by atoms with Gasteiger partial charge < -0.3 is 9.47 Å². The molecule has 0 aliphatic carbocycles. The number of likely N-dealkylation sites (tertiary alicyclic amines) is 1. The zero-order valence-electron chi connectivity index (χ0n) is 17.1. The molecule has 3 aromatic heterocycles. The maximum Gasteiger partial charge on any atom is 0.334 e. The Morgan fingerprint density at radius 2 is 1.84 bits per heavy atom. The highest BCUT2D eigenvalue weighted by atomic mass is 16.2. The standard InChI is InChI=1S/C23H24N6O2/c30-21-20-22(29(23(31)26-21)19-7-4-11-24-15-19)28(16-25-20)18-9-13-27(14-10-18)12-8-17-5-2-1-3-6-17/h1-7,11,15-16,18H,8-10,12-14H2,(H,26,30,31). The molecule has 1 saturated heterocycles. The molecule has 5 rings (SSSR count). The van der Waals surface area contributed by atoms with Gasteiger partial charge in [-0.25, -0.2) is 14.3 Å². The van der Waals surface area contributed by atoms with E-state index in [4.69, 9.17) is 0 Å². The number of hydrogen-bond acceptors (Lipinski definition) is 5. The highest BCUT2D eigenvalue weighted by Gasteiger charge is 2.24. The Morgan fingerprint density at radius 3 is 2.58 bits per heavy atom. The number of nitrogens with one attached hydrogen (secondary N) is 1. The number of imidazole rings is 1. The van der Waals surface area contributed by atoms with Gasteiger partial charge in [0.25, 0.3) is 5.56 Å². The molecule has 0 saturated carbocycles. The van der Waals surface area contributed by atoms with E-state index >= 15 is 0 Å². The van der Waals surface area contributed by atoms with Crippen LogP contribution in [0.1, 0.15) is 24.4 Å². The first-order valence-corrected chi connectivity index (χ1v) is 10.6. The van der Waals surface area contributed by atoms with Gasteiger partial charge in [0.15, 0.2) is 11.2 Å². The molecule has 1 fully saturated rings. The predicted octanol–water partition coefficient (Wildman–Crippen LogP) is 2.15. The SMILES string of the molecule is O=c1[nH]c(=O)n(-c2cccnc2)c2c1ncn2C1CCN(CCc2ccccc2)CC1. The van der Waals surface area contributed by atoms with Crippen LogP contribution in [-0.4, -0.2) is 48.6 Å². The summed E-state index contributed by atoms with van der Waals surface area (Å²) < 4.78 is 3.49. The van der Waals surface area contributed by atoms with Crippen molar-refractivity contribution in [2.45, 2.75) is 25.3 Å². The molecule has 4 aromatic rings. The van der Waals surface area contributed by atoms with Crippen LogP contribution < -0.4 is 11.2 Å². The molecule has 1 aliphatic heterocycles. The Bertz CT molecular complexity index is 1280. The Labute approximate surface area is 178 Å². The molecule has 8 nitrogen and oxygen atoms in total. The molecule has 0 atom stereocenters. The van der Waals surface area contributed by atoms with Gasteiger partial charge in [0, 0.05) is 31.9 Å². The van der Waals surface area contributed by atoms with Crippen molar-refractivity contribution in [1.29, 1.82) is 0 Å². The van der Waals surface area contributed by atoms with E-state index in [1.54, 1.807) is 30.9 Å². The Morgan fingerprint density at radius 1 is 1.03 bits per heavy atom.